The molecule has 0 aliphatic carbocycles. The monoisotopic (exact) mass is 268 g/mol. The molecule has 1 saturated heterocycles. The number of carbonyl (C=O) groups excluding carboxylic acids is 2. The van der Waals surface area contributed by atoms with Crippen LogP contribution in [0.15, 0.2) is 6.33 Å². The van der Waals surface area contributed by atoms with E-state index < -0.39 is 0 Å². The highest BCUT2D eigenvalue weighted by atomic mass is 16.6. The van der Waals surface area contributed by atoms with E-state index in [0.717, 1.165) is 0 Å². The van der Waals surface area contributed by atoms with Crippen LogP contribution in [0.5, 0.6) is 0 Å². The van der Waals surface area contributed by atoms with Gasteiger partial charge in [0.25, 0.3) is 0 Å². The Morgan fingerprint density at radius 2 is 1.89 bits per heavy atom. The van der Waals surface area contributed by atoms with Gasteiger partial charge in [-0.3, -0.25) is 4.79 Å². The predicted octanol–water partition coefficient (Wildman–Crippen LogP) is -1.03. The van der Waals surface area contributed by atoms with E-state index in [1.807, 2.05) is 0 Å². The molecule has 0 N–H and O–H groups in total. The molecule has 2 rings (SSSR count). The number of ether oxygens (including phenoxy) is 1. The molecule has 19 heavy (non-hydrogen) atoms. The number of tetrazole rings is 1. The summed E-state index contributed by atoms with van der Waals surface area (Å²) in [5.74, 6) is -0.0594. The normalized spacial score (nSPS) is 15.4. The predicted molar refractivity (Wildman–Crippen MR) is 63.0 cm³/mol. The Bertz CT molecular complexity index is 426. The first-order chi connectivity index (χ1) is 9.20. The fraction of sp³-hybridized carbons (Fsp3) is 0.700. The molecule has 9 heteroatoms. The lowest BCUT2D eigenvalue weighted by molar-refractivity contribution is -0.133. The summed E-state index contributed by atoms with van der Waals surface area (Å²) in [5.41, 5.74) is 0. The third-order valence-electron chi connectivity index (χ3n) is 2.85. The number of rotatable bonds is 3. The Morgan fingerprint density at radius 3 is 2.47 bits per heavy atom. The van der Waals surface area contributed by atoms with Gasteiger partial charge in [-0.05, 0) is 17.4 Å². The topological polar surface area (TPSA) is 93.5 Å². The van der Waals surface area contributed by atoms with Gasteiger partial charge in [0.05, 0.1) is 6.61 Å². The fourth-order valence-corrected chi connectivity index (χ4v) is 1.84. The highest BCUT2D eigenvalue weighted by Gasteiger charge is 2.24. The number of hydrogen-bond acceptors (Lipinski definition) is 6. The minimum atomic E-state index is -0.324. The van der Waals surface area contributed by atoms with Crippen molar-refractivity contribution in [2.24, 2.45) is 0 Å². The van der Waals surface area contributed by atoms with Crippen molar-refractivity contribution in [2.45, 2.75) is 13.5 Å². The highest BCUT2D eigenvalue weighted by molar-refractivity contribution is 5.76. The Morgan fingerprint density at radius 1 is 1.21 bits per heavy atom. The SMILES string of the molecule is CCOC(=O)N1CCN(C(=O)Cn2cnnn2)CC1. The summed E-state index contributed by atoms with van der Waals surface area (Å²) in [6.07, 6.45) is 1.07. The molecule has 0 unspecified atom stereocenters. The summed E-state index contributed by atoms with van der Waals surface area (Å²) in [4.78, 5) is 26.7. The van der Waals surface area contributed by atoms with Crippen LogP contribution in [0, 0.1) is 0 Å². The molecule has 0 aromatic carbocycles. The quantitative estimate of drug-likeness (QED) is 0.696. The van der Waals surface area contributed by atoms with Gasteiger partial charge in [0, 0.05) is 26.2 Å². The third-order valence-corrected chi connectivity index (χ3v) is 2.85. The number of aromatic nitrogens is 4. The van der Waals surface area contributed by atoms with E-state index in [0.29, 0.717) is 32.8 Å². The summed E-state index contributed by atoms with van der Waals surface area (Å²) < 4.78 is 6.29. The van der Waals surface area contributed by atoms with Crippen LogP contribution < -0.4 is 0 Å². The molecule has 0 atom stereocenters. The zero-order chi connectivity index (χ0) is 13.7. The van der Waals surface area contributed by atoms with E-state index in [1.54, 1.807) is 16.7 Å². The maximum Gasteiger partial charge on any atom is 0.409 e. The first kappa shape index (κ1) is 13.2. The van der Waals surface area contributed by atoms with Crippen molar-refractivity contribution in [2.75, 3.05) is 32.8 Å². The Labute approximate surface area is 110 Å². The Kier molecular flexibility index (Phi) is 4.26. The first-order valence-corrected chi connectivity index (χ1v) is 6.11. The second-order valence-electron chi connectivity index (χ2n) is 4.07. The van der Waals surface area contributed by atoms with E-state index in [1.165, 1.54) is 11.0 Å². The van der Waals surface area contributed by atoms with Gasteiger partial charge in [-0.25, -0.2) is 9.48 Å². The van der Waals surface area contributed by atoms with Gasteiger partial charge in [-0.15, -0.1) is 5.10 Å². The van der Waals surface area contributed by atoms with Crippen LogP contribution in [0.25, 0.3) is 0 Å². The number of carbonyl (C=O) groups is 2. The summed E-state index contributed by atoms with van der Waals surface area (Å²) >= 11 is 0. The van der Waals surface area contributed by atoms with Crippen LogP contribution in [0.3, 0.4) is 0 Å². The summed E-state index contributed by atoms with van der Waals surface area (Å²) in [5, 5.41) is 10.6. The van der Waals surface area contributed by atoms with Gasteiger partial charge >= 0.3 is 6.09 Å². The maximum absolute atomic E-state index is 11.9. The van der Waals surface area contributed by atoms with Crippen molar-refractivity contribution < 1.29 is 14.3 Å². The smallest absolute Gasteiger partial charge is 0.409 e. The molecule has 1 aromatic rings. The molecule has 2 heterocycles. The largest absolute Gasteiger partial charge is 0.450 e. The number of amides is 2. The van der Waals surface area contributed by atoms with Gasteiger partial charge in [0.15, 0.2) is 0 Å². The lowest BCUT2D eigenvalue weighted by Gasteiger charge is -2.33. The van der Waals surface area contributed by atoms with Gasteiger partial charge in [0.1, 0.15) is 12.9 Å². The summed E-state index contributed by atoms with van der Waals surface area (Å²) in [6.45, 7) is 4.22. The van der Waals surface area contributed by atoms with Gasteiger partial charge < -0.3 is 14.5 Å². The molecule has 0 spiro atoms. The third kappa shape index (κ3) is 3.39. The minimum absolute atomic E-state index is 0.0594. The Hall–Kier alpha value is -2.19. The van der Waals surface area contributed by atoms with Crippen molar-refractivity contribution in [3.8, 4) is 0 Å². The average molecular weight is 268 g/mol. The number of hydrogen-bond donors (Lipinski definition) is 0. The minimum Gasteiger partial charge on any atom is -0.450 e. The zero-order valence-electron chi connectivity index (χ0n) is 10.7. The Balaban J connectivity index is 1.79. The molecule has 0 radical (unpaired) electrons. The highest BCUT2D eigenvalue weighted by Crippen LogP contribution is 2.04. The van der Waals surface area contributed by atoms with Crippen LogP contribution in [0.4, 0.5) is 4.79 Å². The van der Waals surface area contributed by atoms with Crippen LogP contribution in [-0.4, -0.2) is 74.8 Å². The standard InChI is InChI=1S/C10H16N6O3/c1-2-19-10(18)15-5-3-14(4-6-15)9(17)7-16-8-11-12-13-16/h8H,2-7H2,1H3. The summed E-state index contributed by atoms with van der Waals surface area (Å²) in [6, 6.07) is 0. The van der Waals surface area contributed by atoms with E-state index in [9.17, 15) is 9.59 Å². The molecule has 1 aliphatic rings. The number of nitrogens with zero attached hydrogens (tertiary/aromatic N) is 6. The van der Waals surface area contributed by atoms with E-state index in [-0.39, 0.29) is 18.5 Å². The molecule has 9 nitrogen and oxygen atoms in total. The second-order valence-corrected chi connectivity index (χ2v) is 4.07. The van der Waals surface area contributed by atoms with Crippen molar-refractivity contribution >= 4 is 12.0 Å². The summed E-state index contributed by atoms with van der Waals surface area (Å²) in [7, 11) is 0. The van der Waals surface area contributed by atoms with Crippen LogP contribution in [0.1, 0.15) is 6.92 Å². The molecule has 2 amide bonds. The lowest BCUT2D eigenvalue weighted by atomic mass is 10.3. The van der Waals surface area contributed by atoms with Gasteiger partial charge in [-0.1, -0.05) is 0 Å². The van der Waals surface area contributed by atoms with E-state index in [4.69, 9.17) is 4.74 Å². The molecule has 0 bridgehead atoms. The second kappa shape index (κ2) is 6.12. The fourth-order valence-electron chi connectivity index (χ4n) is 1.84. The van der Waals surface area contributed by atoms with Crippen LogP contribution in [0.2, 0.25) is 0 Å². The van der Waals surface area contributed by atoms with Gasteiger partial charge in [0.2, 0.25) is 5.91 Å². The lowest BCUT2D eigenvalue weighted by Crippen LogP contribution is -2.51. The molecule has 1 aromatic heterocycles. The van der Waals surface area contributed by atoms with Crippen LogP contribution >= 0.6 is 0 Å². The van der Waals surface area contributed by atoms with E-state index >= 15 is 0 Å². The maximum atomic E-state index is 11.9. The van der Waals surface area contributed by atoms with E-state index in [2.05, 4.69) is 15.5 Å². The molecule has 1 aliphatic heterocycles. The average Bonchev–Trinajstić information content (AvgIpc) is 2.92. The first-order valence-electron chi connectivity index (χ1n) is 6.11. The zero-order valence-corrected chi connectivity index (χ0v) is 10.7. The molecule has 0 saturated carbocycles. The van der Waals surface area contributed by atoms with Crippen molar-refractivity contribution in [3.05, 3.63) is 6.33 Å². The van der Waals surface area contributed by atoms with Crippen molar-refractivity contribution in [3.63, 3.8) is 0 Å². The van der Waals surface area contributed by atoms with Gasteiger partial charge in [-0.2, -0.15) is 0 Å². The van der Waals surface area contributed by atoms with Crippen molar-refractivity contribution in [1.82, 2.24) is 30.0 Å². The molecular formula is C10H16N6O3. The molecule has 1 fully saturated rings. The molecular weight excluding hydrogens is 252 g/mol. The number of piperazine rings is 1. The van der Waals surface area contributed by atoms with Crippen LogP contribution in [-0.2, 0) is 16.1 Å². The molecule has 104 valence electrons. The van der Waals surface area contributed by atoms with Crippen molar-refractivity contribution in [1.29, 1.82) is 0 Å².